The molecule has 2 amide bonds. The van der Waals surface area contributed by atoms with Crippen LogP contribution < -0.4 is 10.6 Å². The lowest BCUT2D eigenvalue weighted by atomic mass is 10.1. The van der Waals surface area contributed by atoms with Gasteiger partial charge in [0.1, 0.15) is 10.2 Å². The van der Waals surface area contributed by atoms with Crippen molar-refractivity contribution in [2.45, 2.75) is 19.9 Å². The van der Waals surface area contributed by atoms with Crippen LogP contribution in [0.4, 0.5) is 10.5 Å². The van der Waals surface area contributed by atoms with Crippen LogP contribution in [0.5, 0.6) is 0 Å². The standard InChI is InChI=1S/C18H18Cl2N4O/c1-12-16(19)17(20)24(23-12)11-5-10-21-18(25)22-15-9-4-7-13-6-2-3-8-14(13)15/h2-4,6-9H,5,10-11H2,1H3,(H2,21,22,25). The van der Waals surface area contributed by atoms with Crippen LogP contribution in [0.3, 0.4) is 0 Å². The molecule has 5 nitrogen and oxygen atoms in total. The van der Waals surface area contributed by atoms with Gasteiger partial charge in [0.05, 0.1) is 11.4 Å². The van der Waals surface area contributed by atoms with Crippen molar-refractivity contribution in [2.24, 2.45) is 0 Å². The minimum atomic E-state index is -0.239. The first-order valence-electron chi connectivity index (χ1n) is 7.97. The second-order valence-corrected chi connectivity index (χ2v) is 6.41. The van der Waals surface area contributed by atoms with E-state index in [2.05, 4.69) is 15.7 Å². The third-order valence-electron chi connectivity index (χ3n) is 3.87. The third-order valence-corrected chi connectivity index (χ3v) is 4.80. The summed E-state index contributed by atoms with van der Waals surface area (Å²) in [6.45, 7) is 2.89. The number of halogens is 2. The van der Waals surface area contributed by atoms with Crippen LogP contribution in [-0.4, -0.2) is 22.4 Å². The van der Waals surface area contributed by atoms with Gasteiger partial charge in [-0.05, 0) is 24.8 Å². The quantitative estimate of drug-likeness (QED) is 0.624. The van der Waals surface area contributed by atoms with Gasteiger partial charge in [0.25, 0.3) is 0 Å². The SMILES string of the molecule is Cc1nn(CCCNC(=O)Nc2cccc3ccccc23)c(Cl)c1Cl. The van der Waals surface area contributed by atoms with E-state index in [-0.39, 0.29) is 6.03 Å². The van der Waals surface area contributed by atoms with E-state index in [4.69, 9.17) is 23.2 Å². The minimum absolute atomic E-state index is 0.239. The maximum Gasteiger partial charge on any atom is 0.319 e. The van der Waals surface area contributed by atoms with Gasteiger partial charge in [0.2, 0.25) is 0 Å². The second kappa shape index (κ2) is 7.76. The van der Waals surface area contributed by atoms with Gasteiger partial charge in [-0.3, -0.25) is 4.68 Å². The zero-order chi connectivity index (χ0) is 17.8. The number of urea groups is 1. The van der Waals surface area contributed by atoms with Gasteiger partial charge in [0, 0.05) is 18.5 Å². The van der Waals surface area contributed by atoms with Gasteiger partial charge in [-0.1, -0.05) is 59.6 Å². The Morgan fingerprint density at radius 2 is 1.92 bits per heavy atom. The summed E-state index contributed by atoms with van der Waals surface area (Å²) in [5.74, 6) is 0. The molecule has 0 fully saturated rings. The Kier molecular flexibility index (Phi) is 5.46. The maximum atomic E-state index is 12.1. The number of nitrogens with zero attached hydrogens (tertiary/aromatic N) is 2. The molecule has 0 aliphatic carbocycles. The Bertz CT molecular complexity index is 902. The lowest BCUT2D eigenvalue weighted by Gasteiger charge is -2.10. The molecular weight excluding hydrogens is 359 g/mol. The van der Waals surface area contributed by atoms with Crippen LogP contribution in [0.1, 0.15) is 12.1 Å². The molecule has 7 heteroatoms. The fourth-order valence-corrected chi connectivity index (χ4v) is 3.01. The Balaban J connectivity index is 1.52. The highest BCUT2D eigenvalue weighted by Gasteiger charge is 2.10. The molecular formula is C18H18Cl2N4O. The van der Waals surface area contributed by atoms with Gasteiger partial charge in [-0.2, -0.15) is 5.10 Å². The predicted molar refractivity (Wildman–Crippen MR) is 103 cm³/mol. The molecule has 2 aromatic carbocycles. The van der Waals surface area contributed by atoms with Gasteiger partial charge in [-0.15, -0.1) is 0 Å². The molecule has 0 saturated carbocycles. The van der Waals surface area contributed by atoms with Crippen molar-refractivity contribution in [1.82, 2.24) is 15.1 Å². The van der Waals surface area contributed by atoms with E-state index in [1.807, 2.05) is 42.5 Å². The lowest BCUT2D eigenvalue weighted by molar-refractivity contribution is 0.251. The molecule has 3 aromatic rings. The van der Waals surface area contributed by atoms with E-state index in [9.17, 15) is 4.79 Å². The summed E-state index contributed by atoms with van der Waals surface area (Å²) in [7, 11) is 0. The molecule has 25 heavy (non-hydrogen) atoms. The van der Waals surface area contributed by atoms with E-state index >= 15 is 0 Å². The van der Waals surface area contributed by atoms with Crippen molar-refractivity contribution < 1.29 is 4.79 Å². The predicted octanol–water partition coefficient (Wildman–Crippen LogP) is 4.86. The fourth-order valence-electron chi connectivity index (χ4n) is 2.61. The third kappa shape index (κ3) is 4.06. The minimum Gasteiger partial charge on any atom is -0.338 e. The van der Waals surface area contributed by atoms with E-state index in [0.717, 1.165) is 16.5 Å². The van der Waals surface area contributed by atoms with Gasteiger partial charge < -0.3 is 10.6 Å². The highest BCUT2D eigenvalue weighted by molar-refractivity contribution is 6.41. The summed E-state index contributed by atoms with van der Waals surface area (Å²) in [4.78, 5) is 12.1. The number of amides is 2. The zero-order valence-corrected chi connectivity index (χ0v) is 15.2. The Morgan fingerprint density at radius 1 is 1.16 bits per heavy atom. The highest BCUT2D eigenvalue weighted by atomic mass is 35.5. The molecule has 3 rings (SSSR count). The zero-order valence-electron chi connectivity index (χ0n) is 13.7. The van der Waals surface area contributed by atoms with E-state index in [1.165, 1.54) is 0 Å². The Labute approximate surface area is 155 Å². The summed E-state index contributed by atoms with van der Waals surface area (Å²) in [6, 6.07) is 13.5. The number of carbonyl (C=O) groups is 1. The van der Waals surface area contributed by atoms with Crippen LogP contribution in [0, 0.1) is 6.92 Å². The topological polar surface area (TPSA) is 59.0 Å². The number of benzene rings is 2. The van der Waals surface area contributed by atoms with Crippen molar-refractivity contribution in [3.05, 3.63) is 58.3 Å². The summed E-state index contributed by atoms with van der Waals surface area (Å²) in [5, 5.41) is 13.0. The highest BCUT2D eigenvalue weighted by Crippen LogP contribution is 2.25. The summed E-state index contributed by atoms with van der Waals surface area (Å²) >= 11 is 12.1. The Morgan fingerprint density at radius 3 is 2.68 bits per heavy atom. The molecule has 130 valence electrons. The number of carbonyl (C=O) groups excluding carboxylic acids is 1. The van der Waals surface area contributed by atoms with Crippen molar-refractivity contribution in [3.8, 4) is 0 Å². The maximum absolute atomic E-state index is 12.1. The molecule has 0 spiro atoms. The van der Waals surface area contributed by atoms with Crippen LogP contribution in [0.2, 0.25) is 10.2 Å². The molecule has 0 aliphatic rings. The number of anilines is 1. The molecule has 0 radical (unpaired) electrons. The molecule has 0 unspecified atom stereocenters. The first kappa shape index (κ1) is 17.6. The molecule has 0 saturated heterocycles. The summed E-state index contributed by atoms with van der Waals surface area (Å²) < 4.78 is 1.64. The number of fused-ring (bicyclic) bond motifs is 1. The molecule has 0 bridgehead atoms. The van der Waals surface area contributed by atoms with Crippen LogP contribution >= 0.6 is 23.2 Å². The molecule has 1 aromatic heterocycles. The first-order valence-corrected chi connectivity index (χ1v) is 8.73. The number of aryl methyl sites for hydroxylation is 2. The van der Waals surface area contributed by atoms with Gasteiger partial charge in [0.15, 0.2) is 0 Å². The molecule has 0 atom stereocenters. The Hall–Kier alpha value is -2.24. The average molecular weight is 377 g/mol. The first-order chi connectivity index (χ1) is 12.1. The van der Waals surface area contributed by atoms with Crippen LogP contribution in [0.15, 0.2) is 42.5 Å². The smallest absolute Gasteiger partial charge is 0.319 e. The monoisotopic (exact) mass is 376 g/mol. The molecule has 1 heterocycles. The number of hydrogen-bond acceptors (Lipinski definition) is 2. The van der Waals surface area contributed by atoms with Crippen molar-refractivity contribution in [2.75, 3.05) is 11.9 Å². The van der Waals surface area contributed by atoms with E-state index in [0.29, 0.717) is 35.4 Å². The number of aromatic nitrogens is 2. The van der Waals surface area contributed by atoms with E-state index in [1.54, 1.807) is 11.6 Å². The van der Waals surface area contributed by atoms with Crippen molar-refractivity contribution in [3.63, 3.8) is 0 Å². The van der Waals surface area contributed by atoms with Gasteiger partial charge in [-0.25, -0.2) is 4.79 Å². The molecule has 0 aliphatic heterocycles. The van der Waals surface area contributed by atoms with Crippen LogP contribution in [0.25, 0.3) is 10.8 Å². The molecule has 2 N–H and O–H groups in total. The normalized spacial score (nSPS) is 10.8. The average Bonchev–Trinajstić information content (AvgIpc) is 2.86. The number of nitrogens with one attached hydrogen (secondary N) is 2. The summed E-state index contributed by atoms with van der Waals surface area (Å²) in [5.41, 5.74) is 1.49. The number of rotatable bonds is 5. The largest absolute Gasteiger partial charge is 0.338 e. The van der Waals surface area contributed by atoms with E-state index < -0.39 is 0 Å². The second-order valence-electron chi connectivity index (χ2n) is 5.67. The van der Waals surface area contributed by atoms with Crippen molar-refractivity contribution in [1.29, 1.82) is 0 Å². The number of hydrogen-bond donors (Lipinski definition) is 2. The van der Waals surface area contributed by atoms with Gasteiger partial charge >= 0.3 is 6.03 Å². The summed E-state index contributed by atoms with van der Waals surface area (Å²) in [6.07, 6.45) is 0.695. The van der Waals surface area contributed by atoms with Crippen molar-refractivity contribution >= 4 is 45.7 Å². The van der Waals surface area contributed by atoms with Crippen LogP contribution in [-0.2, 0) is 6.54 Å². The lowest BCUT2D eigenvalue weighted by Crippen LogP contribution is -2.30. The fraction of sp³-hybridized carbons (Fsp3) is 0.222.